The lowest BCUT2D eigenvalue weighted by Gasteiger charge is -2.26. The lowest BCUT2D eigenvalue weighted by atomic mass is 10.1. The van der Waals surface area contributed by atoms with Gasteiger partial charge in [0.1, 0.15) is 11.4 Å². The number of rotatable bonds is 4. The molecule has 0 fully saturated rings. The van der Waals surface area contributed by atoms with Crippen LogP contribution in [0.15, 0.2) is 18.2 Å². The monoisotopic (exact) mass is 229 g/mol. The molecule has 0 amide bonds. The molecule has 0 saturated carbocycles. The van der Waals surface area contributed by atoms with Crippen LogP contribution >= 0.6 is 11.6 Å². The summed E-state index contributed by atoms with van der Waals surface area (Å²) < 4.78 is 5.68. The van der Waals surface area contributed by atoms with Crippen molar-refractivity contribution >= 4 is 17.3 Å². The Hall–Kier alpha value is -0.930. The molecule has 0 aromatic heterocycles. The maximum absolute atomic E-state index is 8.86. The highest BCUT2D eigenvalue weighted by Crippen LogP contribution is 2.29. The number of hydrogen-bond donors (Lipinski definition) is 2. The van der Waals surface area contributed by atoms with Gasteiger partial charge in [0.25, 0.3) is 0 Å². The van der Waals surface area contributed by atoms with Crippen molar-refractivity contribution in [1.82, 2.24) is 0 Å². The van der Waals surface area contributed by atoms with Crippen LogP contribution in [0.3, 0.4) is 0 Å². The Bertz CT molecular complexity index is 339. The largest absolute Gasteiger partial charge is 0.486 e. The second kappa shape index (κ2) is 4.73. The summed E-state index contributed by atoms with van der Waals surface area (Å²) >= 11 is 5.77. The molecule has 0 bridgehead atoms. The average molecular weight is 230 g/mol. The van der Waals surface area contributed by atoms with Gasteiger partial charge in [-0.15, -0.1) is 0 Å². The molecular formula is C11H16ClNO2. The van der Waals surface area contributed by atoms with Gasteiger partial charge in [0.05, 0.1) is 5.69 Å². The maximum Gasteiger partial charge on any atom is 0.143 e. The van der Waals surface area contributed by atoms with Crippen molar-refractivity contribution in [2.45, 2.75) is 25.9 Å². The Morgan fingerprint density at radius 1 is 1.47 bits per heavy atom. The number of benzene rings is 1. The quantitative estimate of drug-likeness (QED) is 0.780. The molecule has 3 nitrogen and oxygen atoms in total. The highest BCUT2D eigenvalue weighted by atomic mass is 35.5. The first kappa shape index (κ1) is 12.1. The lowest BCUT2D eigenvalue weighted by Crippen LogP contribution is -2.29. The number of aliphatic hydroxyl groups is 1. The minimum Gasteiger partial charge on any atom is -0.486 e. The van der Waals surface area contributed by atoms with Gasteiger partial charge in [0.2, 0.25) is 0 Å². The first-order valence-electron chi connectivity index (χ1n) is 4.79. The fourth-order valence-corrected chi connectivity index (χ4v) is 1.41. The van der Waals surface area contributed by atoms with Crippen LogP contribution in [-0.2, 0) is 0 Å². The number of nitrogen functional groups attached to an aromatic ring is 1. The van der Waals surface area contributed by atoms with Crippen LogP contribution in [0.4, 0.5) is 5.69 Å². The van der Waals surface area contributed by atoms with Gasteiger partial charge < -0.3 is 15.6 Å². The van der Waals surface area contributed by atoms with Crippen LogP contribution in [0.1, 0.15) is 20.3 Å². The molecule has 0 spiro atoms. The molecule has 1 rings (SSSR count). The molecule has 0 heterocycles. The zero-order valence-corrected chi connectivity index (χ0v) is 9.71. The predicted octanol–water partition coefficient (Wildman–Crippen LogP) is 2.46. The van der Waals surface area contributed by atoms with Crippen molar-refractivity contribution in [2.24, 2.45) is 0 Å². The third kappa shape index (κ3) is 3.61. The molecule has 0 atom stereocenters. The first-order valence-corrected chi connectivity index (χ1v) is 5.17. The molecule has 15 heavy (non-hydrogen) atoms. The molecule has 1 aromatic carbocycles. The first-order chi connectivity index (χ1) is 6.94. The second-order valence-corrected chi connectivity index (χ2v) is 4.45. The minimum atomic E-state index is -0.434. The van der Waals surface area contributed by atoms with E-state index in [-0.39, 0.29) is 6.61 Å². The van der Waals surface area contributed by atoms with Gasteiger partial charge in [-0.3, -0.25) is 0 Å². The summed E-state index contributed by atoms with van der Waals surface area (Å²) in [6, 6.07) is 5.10. The van der Waals surface area contributed by atoms with Gasteiger partial charge >= 0.3 is 0 Å². The lowest BCUT2D eigenvalue weighted by molar-refractivity contribution is 0.0773. The van der Waals surface area contributed by atoms with Crippen LogP contribution in [0, 0.1) is 0 Å². The number of ether oxygens (including phenoxy) is 1. The molecule has 4 heteroatoms. The van der Waals surface area contributed by atoms with Crippen LogP contribution in [0.25, 0.3) is 0 Å². The van der Waals surface area contributed by atoms with E-state index in [1.165, 1.54) is 0 Å². The van der Waals surface area contributed by atoms with Crippen LogP contribution in [0.5, 0.6) is 5.75 Å². The van der Waals surface area contributed by atoms with Crippen LogP contribution < -0.4 is 10.5 Å². The molecule has 3 N–H and O–H groups in total. The number of anilines is 1. The summed E-state index contributed by atoms with van der Waals surface area (Å²) in [5, 5.41) is 9.44. The topological polar surface area (TPSA) is 55.5 Å². The summed E-state index contributed by atoms with van der Waals surface area (Å²) in [7, 11) is 0. The van der Waals surface area contributed by atoms with Crippen molar-refractivity contribution in [2.75, 3.05) is 12.3 Å². The zero-order chi connectivity index (χ0) is 11.5. The van der Waals surface area contributed by atoms with Gasteiger partial charge in [-0.25, -0.2) is 0 Å². The molecule has 0 aliphatic carbocycles. The van der Waals surface area contributed by atoms with E-state index in [2.05, 4.69) is 0 Å². The van der Waals surface area contributed by atoms with Gasteiger partial charge in [0.15, 0.2) is 0 Å². The van der Waals surface area contributed by atoms with Crippen molar-refractivity contribution in [3.8, 4) is 5.75 Å². The van der Waals surface area contributed by atoms with Crippen molar-refractivity contribution in [3.05, 3.63) is 23.2 Å². The third-order valence-corrected chi connectivity index (χ3v) is 2.31. The minimum absolute atomic E-state index is 0.0838. The zero-order valence-electron chi connectivity index (χ0n) is 8.96. The summed E-state index contributed by atoms with van der Waals surface area (Å²) in [4.78, 5) is 0. The van der Waals surface area contributed by atoms with E-state index in [0.717, 1.165) is 0 Å². The van der Waals surface area contributed by atoms with E-state index in [0.29, 0.717) is 22.9 Å². The normalized spacial score (nSPS) is 11.5. The molecule has 0 unspecified atom stereocenters. The fraction of sp³-hybridized carbons (Fsp3) is 0.455. The Morgan fingerprint density at radius 2 is 2.13 bits per heavy atom. The maximum atomic E-state index is 8.86. The van der Waals surface area contributed by atoms with E-state index >= 15 is 0 Å². The third-order valence-electron chi connectivity index (χ3n) is 2.07. The summed E-state index contributed by atoms with van der Waals surface area (Å²) in [6.07, 6.45) is 0.551. The van der Waals surface area contributed by atoms with Gasteiger partial charge in [-0.2, -0.15) is 0 Å². The molecule has 0 aliphatic rings. The van der Waals surface area contributed by atoms with E-state index in [1.54, 1.807) is 18.2 Å². The van der Waals surface area contributed by atoms with Crippen molar-refractivity contribution in [3.63, 3.8) is 0 Å². The Balaban J connectivity index is 2.80. The van der Waals surface area contributed by atoms with Crippen molar-refractivity contribution in [1.29, 1.82) is 0 Å². The Labute approximate surface area is 94.8 Å². The second-order valence-electron chi connectivity index (χ2n) is 4.02. The van der Waals surface area contributed by atoms with E-state index in [9.17, 15) is 0 Å². The Kier molecular flexibility index (Phi) is 3.83. The summed E-state index contributed by atoms with van der Waals surface area (Å²) in [6.45, 7) is 3.88. The smallest absolute Gasteiger partial charge is 0.143 e. The van der Waals surface area contributed by atoms with Gasteiger partial charge in [-0.05, 0) is 32.0 Å². The predicted molar refractivity (Wildman–Crippen MR) is 62.3 cm³/mol. The highest BCUT2D eigenvalue weighted by molar-refractivity contribution is 6.30. The number of hydrogen-bond acceptors (Lipinski definition) is 3. The summed E-state index contributed by atoms with van der Waals surface area (Å²) in [5.74, 6) is 0.595. The fourth-order valence-electron chi connectivity index (χ4n) is 1.23. The van der Waals surface area contributed by atoms with E-state index in [4.69, 9.17) is 27.2 Å². The van der Waals surface area contributed by atoms with Crippen LogP contribution in [-0.4, -0.2) is 17.3 Å². The Morgan fingerprint density at radius 3 is 2.67 bits per heavy atom. The van der Waals surface area contributed by atoms with Gasteiger partial charge in [0, 0.05) is 18.1 Å². The number of aliphatic hydroxyl groups excluding tert-OH is 1. The molecule has 0 aliphatic heterocycles. The molecule has 1 aromatic rings. The molecule has 84 valence electrons. The van der Waals surface area contributed by atoms with Gasteiger partial charge in [-0.1, -0.05) is 11.6 Å². The van der Waals surface area contributed by atoms with E-state index < -0.39 is 5.60 Å². The highest BCUT2D eigenvalue weighted by Gasteiger charge is 2.20. The molecule has 0 saturated heterocycles. The van der Waals surface area contributed by atoms with E-state index in [1.807, 2.05) is 13.8 Å². The molecular weight excluding hydrogens is 214 g/mol. The summed E-state index contributed by atoms with van der Waals surface area (Å²) in [5.41, 5.74) is 5.83. The van der Waals surface area contributed by atoms with Crippen LogP contribution in [0.2, 0.25) is 5.02 Å². The molecule has 0 radical (unpaired) electrons. The van der Waals surface area contributed by atoms with Crippen molar-refractivity contribution < 1.29 is 9.84 Å². The SMILES string of the molecule is CC(C)(CCO)Oc1ccc(Cl)cc1N. The number of nitrogens with two attached hydrogens (primary N) is 1. The number of halogens is 1. The average Bonchev–Trinajstić information content (AvgIpc) is 2.09. The standard InChI is InChI=1S/C11H16ClNO2/c1-11(2,5-6-14)15-10-4-3-8(12)7-9(10)13/h3-4,7,14H,5-6,13H2,1-2H3.